The molecular weight excluding hydrogens is 1230 g/mol. The fraction of sp³-hybridized carbons (Fsp3) is 0.583. The normalized spacial score (nSPS) is 21.2. The van der Waals surface area contributed by atoms with Crippen LogP contribution >= 0.6 is 0 Å². The van der Waals surface area contributed by atoms with Crippen LogP contribution in [0.1, 0.15) is 157 Å². The maximum atomic E-state index is 6.57. The lowest BCUT2D eigenvalue weighted by atomic mass is 9.92. The third-order valence-electron chi connectivity index (χ3n) is 21.3. The molecule has 0 unspecified atom stereocenters. The number of anilines is 2. The summed E-state index contributed by atoms with van der Waals surface area (Å²) in [5.41, 5.74) is 11.5. The molecule has 0 aromatic heterocycles. The molecule has 2 aromatic rings. The van der Waals surface area contributed by atoms with Crippen molar-refractivity contribution >= 4 is 96.6 Å². The first kappa shape index (κ1) is 72.5. The lowest BCUT2D eigenvalue weighted by Crippen LogP contribution is -2.94. The molecule has 2 atom stereocenters. The topological polar surface area (TPSA) is 37.7 Å². The summed E-state index contributed by atoms with van der Waals surface area (Å²) in [6.07, 6.45) is 20.4. The molecule has 6 nitrogen and oxygen atoms in total. The first-order valence-electron chi connectivity index (χ1n) is 34.4. The molecule has 8 rings (SSSR count). The van der Waals surface area contributed by atoms with Crippen LogP contribution in [0.3, 0.4) is 0 Å². The average molecular weight is 1360 g/mol. The molecule has 484 valence electrons. The van der Waals surface area contributed by atoms with E-state index in [0.717, 1.165) is 0 Å². The number of fused-ring (bicyclic) bond motifs is 6. The van der Waals surface area contributed by atoms with Crippen molar-refractivity contribution in [2.45, 2.75) is 252 Å². The Kier molecular flexibility index (Phi) is 20.4. The van der Waals surface area contributed by atoms with Crippen LogP contribution in [-0.4, -0.2) is 95.1 Å². The Bertz CT molecular complexity index is 2980. The second kappa shape index (κ2) is 24.8. The number of benzene rings is 2. The number of nitrogens with zero attached hydrogens (tertiary/aromatic N) is 6. The van der Waals surface area contributed by atoms with E-state index in [1.54, 1.807) is 32.2 Å². The fourth-order valence-corrected chi connectivity index (χ4v) is 318. The van der Waals surface area contributed by atoms with Crippen molar-refractivity contribution in [3.63, 3.8) is 0 Å². The van der Waals surface area contributed by atoms with E-state index in [0.29, 0.717) is 47.3 Å². The minimum absolute atomic E-state index is 0.434. The van der Waals surface area contributed by atoms with Crippen LogP contribution in [0.25, 0.3) is 0 Å². The van der Waals surface area contributed by atoms with E-state index >= 15 is 0 Å². The van der Waals surface area contributed by atoms with Gasteiger partial charge in [-0.2, -0.15) is 0 Å². The van der Waals surface area contributed by atoms with Crippen LogP contribution in [0, 0.1) is 23.7 Å². The van der Waals surface area contributed by atoms with Gasteiger partial charge in [0.25, 0.3) is 0 Å². The Morgan fingerprint density at radius 2 is 0.557 bits per heavy atom. The number of rotatable bonds is 18. The molecular formula is C72H126N6Si10. The summed E-state index contributed by atoms with van der Waals surface area (Å²) in [5.74, 6) is 5.97. The van der Waals surface area contributed by atoms with Gasteiger partial charge in [-0.1, -0.05) is 312 Å². The van der Waals surface area contributed by atoms with Gasteiger partial charge in [0.05, 0.1) is 23.7 Å². The maximum absolute atomic E-state index is 6.57. The van der Waals surface area contributed by atoms with Gasteiger partial charge in [0.1, 0.15) is 0 Å². The molecule has 6 aliphatic heterocycles. The smallest absolute Gasteiger partial charge is 0.240 e. The summed E-state index contributed by atoms with van der Waals surface area (Å²) in [4.78, 5) is 10.4. The summed E-state index contributed by atoms with van der Waals surface area (Å²) in [5, 5.41) is 6.74. The first-order valence-corrected chi connectivity index (χ1v) is 71.3. The van der Waals surface area contributed by atoms with Gasteiger partial charge in [0, 0.05) is 81.0 Å². The quantitative estimate of drug-likeness (QED) is 0.139. The van der Waals surface area contributed by atoms with Crippen LogP contribution < -0.4 is 9.80 Å². The van der Waals surface area contributed by atoms with E-state index in [4.69, 9.17) is 9.32 Å². The van der Waals surface area contributed by atoms with E-state index in [9.17, 15) is 0 Å². The van der Waals surface area contributed by atoms with Crippen molar-refractivity contribution in [1.82, 2.24) is 9.80 Å². The summed E-state index contributed by atoms with van der Waals surface area (Å²) >= 11 is 0. The highest BCUT2D eigenvalue weighted by atomic mass is 30.2. The number of guanidine groups is 2. The molecule has 6 aliphatic rings. The molecule has 0 N–H and O–H groups in total. The Hall–Kier alpha value is -2.93. The van der Waals surface area contributed by atoms with Gasteiger partial charge >= 0.3 is 0 Å². The third kappa shape index (κ3) is 11.0. The average Bonchev–Trinajstić information content (AvgIpc) is 1.34. The summed E-state index contributed by atoms with van der Waals surface area (Å²) < 4.78 is 13.1. The zero-order valence-corrected chi connectivity index (χ0v) is 72.5. The molecule has 0 aliphatic carbocycles. The van der Waals surface area contributed by atoms with Gasteiger partial charge in [0.2, 0.25) is 27.4 Å². The minimum Gasteiger partial charge on any atom is -0.292 e. The van der Waals surface area contributed by atoms with Crippen molar-refractivity contribution in [1.29, 1.82) is 0 Å². The van der Waals surface area contributed by atoms with Gasteiger partial charge in [-0.3, -0.25) is 28.9 Å². The lowest BCUT2D eigenvalue weighted by molar-refractivity contribution is 0.700. The summed E-state index contributed by atoms with van der Waals surface area (Å²) in [6, 6.07) is 14.0. The highest BCUT2D eigenvalue weighted by Gasteiger charge is 2.80. The third-order valence-corrected chi connectivity index (χ3v) is 235. The number of hydrogen-bond acceptors (Lipinski definition) is 6. The minimum atomic E-state index is -2.64. The molecule has 2 aromatic carbocycles. The second-order valence-electron chi connectivity index (χ2n) is 35.7. The van der Waals surface area contributed by atoms with Gasteiger partial charge in [-0.15, -0.1) is 0 Å². The maximum Gasteiger partial charge on any atom is 0.240 e. The number of hydrogen-bond donors (Lipinski definition) is 0. The van der Waals surface area contributed by atoms with Crippen molar-refractivity contribution in [3.05, 3.63) is 152 Å². The molecule has 0 saturated heterocycles. The van der Waals surface area contributed by atoms with Gasteiger partial charge < -0.3 is 0 Å². The Balaban J connectivity index is 0.000000251. The van der Waals surface area contributed by atoms with Crippen molar-refractivity contribution in [2.75, 3.05) is 9.80 Å². The van der Waals surface area contributed by atoms with Crippen LogP contribution in [0.5, 0.6) is 0 Å². The molecule has 0 bridgehead atoms. The SMILES string of the molecule is CC(C)C1=CC=CC(C(C)C)=C2N3C=CN(c4c(C(C)C)cccc4C(C)C)C3=N[Si@@]12[Si]([Si](C)(C)C)([Si](C)(C)C)[Si](C)(C)C.CC(C)C1=CC=CC(C(C)C)=C2N3C=CN(c4c(C(C)C)cccc4C(C)C)C3=N[Si@]12[Si]([Si](C)(C)C)([Si](C)(C)C)[Si](C)(C)C. The molecule has 16 heteroatoms. The number of para-hydroxylation sites is 2. The van der Waals surface area contributed by atoms with Crippen LogP contribution in [0.15, 0.2) is 139 Å². The first-order chi connectivity index (χ1) is 40.1. The van der Waals surface area contributed by atoms with E-state index in [2.05, 4.69) is 346 Å². The summed E-state index contributed by atoms with van der Waals surface area (Å²) in [7, 11) is -15.6. The highest BCUT2D eigenvalue weighted by Crippen LogP contribution is 2.59. The monoisotopic (exact) mass is 1350 g/mol. The highest BCUT2D eigenvalue weighted by molar-refractivity contribution is 8.08. The Morgan fingerprint density at radius 1 is 0.318 bits per heavy atom. The predicted octanol–water partition coefficient (Wildman–Crippen LogP) is 21.5. The lowest BCUT2D eigenvalue weighted by Gasteiger charge is -2.64. The van der Waals surface area contributed by atoms with Crippen molar-refractivity contribution in [2.24, 2.45) is 33.0 Å². The molecule has 0 saturated carbocycles. The van der Waals surface area contributed by atoms with E-state index in [1.807, 2.05) is 0 Å². The molecule has 0 amide bonds. The second-order valence-corrected chi connectivity index (χ2v) is 138. The van der Waals surface area contributed by atoms with E-state index < -0.39 is 73.3 Å². The molecule has 0 radical (unpaired) electrons. The van der Waals surface area contributed by atoms with Crippen molar-refractivity contribution in [3.8, 4) is 0 Å². The van der Waals surface area contributed by atoms with E-state index in [1.165, 1.54) is 45.5 Å². The Labute approximate surface area is 549 Å². The van der Waals surface area contributed by atoms with Gasteiger partial charge in [-0.05, 0) is 80.7 Å². The van der Waals surface area contributed by atoms with Crippen LogP contribution in [0.4, 0.5) is 11.4 Å². The molecule has 6 heterocycles. The van der Waals surface area contributed by atoms with Crippen LogP contribution in [-0.2, 0) is 0 Å². The van der Waals surface area contributed by atoms with Gasteiger partial charge in [0.15, 0.2) is 0 Å². The number of allylic oxidation sites excluding steroid dienone is 10. The fourth-order valence-electron chi connectivity index (χ4n) is 21.1. The summed E-state index contributed by atoms with van der Waals surface area (Å²) in [6.45, 7) is 88.4. The molecule has 88 heavy (non-hydrogen) atoms. The zero-order valence-electron chi connectivity index (χ0n) is 62.5. The Morgan fingerprint density at radius 3 is 0.761 bits per heavy atom. The van der Waals surface area contributed by atoms with Crippen LogP contribution in [0.2, 0.25) is 118 Å². The predicted molar refractivity (Wildman–Crippen MR) is 422 cm³/mol. The van der Waals surface area contributed by atoms with Crippen molar-refractivity contribution < 1.29 is 0 Å². The van der Waals surface area contributed by atoms with E-state index in [-0.39, 0.29) is 0 Å². The van der Waals surface area contributed by atoms with Gasteiger partial charge in [-0.25, -0.2) is 0 Å². The molecule has 0 fully saturated rings. The molecule has 0 spiro atoms. The zero-order chi connectivity index (χ0) is 66.7. The largest absolute Gasteiger partial charge is 0.292 e. The standard InChI is InChI=1S/2C36H63N3Si5/c2*1-26(2)30-20-18-21-31(27(3)4)34(30)38-24-25-39-35-32(28(5)6)22-19-23-33(29(7)8)43(35,37-36(38)39)44(40(9,10)11,41(12,13)14)42(15,16)17/h2*18-29H,1-17H3/t2*43-/m10/s1.